The summed E-state index contributed by atoms with van der Waals surface area (Å²) in [6, 6.07) is 0.399. The molecule has 0 aromatic heterocycles. The molecule has 90 valence electrons. The fourth-order valence-corrected chi connectivity index (χ4v) is 2.09. The minimum absolute atomic E-state index is 0.167. The Balaban J connectivity index is 3.70. The molecule has 0 saturated heterocycles. The van der Waals surface area contributed by atoms with E-state index in [9.17, 15) is 8.42 Å². The van der Waals surface area contributed by atoms with E-state index < -0.39 is 10.0 Å². The summed E-state index contributed by atoms with van der Waals surface area (Å²) in [5, 5.41) is 3.17. The largest absolute Gasteiger partial charge is 0.314 e. The van der Waals surface area contributed by atoms with Crippen LogP contribution in [-0.4, -0.2) is 33.3 Å². The van der Waals surface area contributed by atoms with Crippen LogP contribution in [0.3, 0.4) is 0 Å². The monoisotopic (exact) mass is 234 g/mol. The van der Waals surface area contributed by atoms with Gasteiger partial charge >= 0.3 is 0 Å². The van der Waals surface area contributed by atoms with Crippen LogP contribution in [0.2, 0.25) is 0 Å². The maximum atomic E-state index is 11.4. The van der Waals surface area contributed by atoms with Crippen molar-refractivity contribution in [3.8, 4) is 0 Å². The molecule has 0 aliphatic rings. The van der Waals surface area contributed by atoms with Crippen LogP contribution < -0.4 is 10.0 Å². The predicted molar refractivity (Wildman–Crippen MR) is 64.4 cm³/mol. The van der Waals surface area contributed by atoms with Gasteiger partial charge in [-0.25, -0.2) is 13.1 Å². The second-order valence-electron chi connectivity index (χ2n) is 4.06. The van der Waals surface area contributed by atoms with Gasteiger partial charge in [-0.1, -0.05) is 26.0 Å². The summed E-state index contributed by atoms with van der Waals surface area (Å²) in [4.78, 5) is 0. The zero-order valence-electron chi connectivity index (χ0n) is 9.84. The molecule has 0 atom stereocenters. The summed E-state index contributed by atoms with van der Waals surface area (Å²) in [5.41, 5.74) is 0.818. The van der Waals surface area contributed by atoms with Crippen LogP contribution >= 0.6 is 0 Å². The maximum Gasteiger partial charge on any atom is 0.211 e. The minimum Gasteiger partial charge on any atom is -0.314 e. The van der Waals surface area contributed by atoms with Crippen molar-refractivity contribution in [3.05, 3.63) is 12.2 Å². The second kappa shape index (κ2) is 6.98. The van der Waals surface area contributed by atoms with Crippen LogP contribution in [-0.2, 0) is 10.0 Å². The average molecular weight is 234 g/mol. The lowest BCUT2D eigenvalue weighted by Gasteiger charge is -2.09. The van der Waals surface area contributed by atoms with Gasteiger partial charge in [0.1, 0.15) is 0 Å². The highest BCUT2D eigenvalue weighted by Crippen LogP contribution is 1.91. The highest BCUT2D eigenvalue weighted by molar-refractivity contribution is 7.89. The molecule has 0 saturated carbocycles. The van der Waals surface area contributed by atoms with Crippen molar-refractivity contribution < 1.29 is 8.42 Å². The molecule has 0 heterocycles. The molecular weight excluding hydrogens is 212 g/mol. The highest BCUT2D eigenvalue weighted by Gasteiger charge is 2.08. The standard InChI is InChI=1S/C10H22N2O2S/c1-9(2)8-12-15(13,14)7-5-6-11-10(3)4/h10-12H,1,5-8H2,2-4H3. The van der Waals surface area contributed by atoms with E-state index in [0.29, 0.717) is 19.0 Å². The minimum atomic E-state index is -3.13. The zero-order chi connectivity index (χ0) is 11.9. The summed E-state index contributed by atoms with van der Waals surface area (Å²) in [5.74, 6) is 0.167. The first kappa shape index (κ1) is 14.6. The molecule has 2 N–H and O–H groups in total. The fraction of sp³-hybridized carbons (Fsp3) is 0.800. The molecule has 0 fully saturated rings. The van der Waals surface area contributed by atoms with Gasteiger partial charge in [-0.15, -0.1) is 0 Å². The number of nitrogens with one attached hydrogen (secondary N) is 2. The van der Waals surface area contributed by atoms with E-state index in [0.717, 1.165) is 12.1 Å². The van der Waals surface area contributed by atoms with Gasteiger partial charge in [-0.3, -0.25) is 0 Å². The summed E-state index contributed by atoms with van der Waals surface area (Å²) in [6.45, 7) is 10.6. The van der Waals surface area contributed by atoms with E-state index in [2.05, 4.69) is 16.6 Å². The first-order valence-corrected chi connectivity index (χ1v) is 6.84. The Bertz CT molecular complexity index is 284. The van der Waals surface area contributed by atoms with Crippen LogP contribution in [0.15, 0.2) is 12.2 Å². The molecule has 0 aliphatic carbocycles. The number of hydrogen-bond acceptors (Lipinski definition) is 3. The van der Waals surface area contributed by atoms with Gasteiger partial charge in [0.05, 0.1) is 5.75 Å². The van der Waals surface area contributed by atoms with Crippen molar-refractivity contribution in [2.75, 3.05) is 18.8 Å². The second-order valence-corrected chi connectivity index (χ2v) is 5.99. The molecule has 0 aromatic carbocycles. The predicted octanol–water partition coefficient (Wildman–Crippen LogP) is 0.870. The van der Waals surface area contributed by atoms with Gasteiger partial charge in [-0.05, 0) is 19.9 Å². The molecule has 0 aliphatic heterocycles. The molecule has 5 heteroatoms. The van der Waals surface area contributed by atoms with E-state index in [4.69, 9.17) is 0 Å². The molecule has 4 nitrogen and oxygen atoms in total. The number of sulfonamides is 1. The normalized spacial score (nSPS) is 12.0. The molecule has 0 unspecified atom stereocenters. The van der Waals surface area contributed by atoms with Gasteiger partial charge in [0.15, 0.2) is 0 Å². The van der Waals surface area contributed by atoms with Crippen LogP contribution in [0.4, 0.5) is 0 Å². The van der Waals surface area contributed by atoms with Gasteiger partial charge < -0.3 is 5.32 Å². The van der Waals surface area contributed by atoms with Crippen molar-refractivity contribution in [3.63, 3.8) is 0 Å². The molecule has 0 spiro atoms. The summed E-state index contributed by atoms with van der Waals surface area (Å²) >= 11 is 0. The molecule has 0 amide bonds. The van der Waals surface area contributed by atoms with Crippen molar-refractivity contribution in [2.45, 2.75) is 33.2 Å². The van der Waals surface area contributed by atoms with Gasteiger partial charge in [0.2, 0.25) is 10.0 Å². The quantitative estimate of drug-likeness (QED) is 0.484. The molecule has 0 bridgehead atoms. The zero-order valence-corrected chi connectivity index (χ0v) is 10.7. The Morgan fingerprint density at radius 3 is 2.47 bits per heavy atom. The number of rotatable bonds is 8. The summed E-state index contributed by atoms with van der Waals surface area (Å²) < 4.78 is 25.3. The van der Waals surface area contributed by atoms with Crippen LogP contribution in [0, 0.1) is 0 Å². The smallest absolute Gasteiger partial charge is 0.211 e. The third-order valence-electron chi connectivity index (χ3n) is 1.74. The maximum absolute atomic E-state index is 11.4. The first-order valence-electron chi connectivity index (χ1n) is 5.18. The molecule has 0 radical (unpaired) electrons. The lowest BCUT2D eigenvalue weighted by atomic mass is 10.4. The van der Waals surface area contributed by atoms with E-state index in [-0.39, 0.29) is 5.75 Å². The van der Waals surface area contributed by atoms with E-state index in [1.54, 1.807) is 6.92 Å². The summed E-state index contributed by atoms with van der Waals surface area (Å²) in [7, 11) is -3.13. The van der Waals surface area contributed by atoms with Crippen LogP contribution in [0.25, 0.3) is 0 Å². The summed E-state index contributed by atoms with van der Waals surface area (Å²) in [6.07, 6.45) is 0.629. The molecule has 0 aromatic rings. The molecular formula is C10H22N2O2S. The number of hydrogen-bond donors (Lipinski definition) is 2. The van der Waals surface area contributed by atoms with Crippen molar-refractivity contribution in [1.29, 1.82) is 0 Å². The third-order valence-corrected chi connectivity index (χ3v) is 3.15. The Morgan fingerprint density at radius 1 is 1.40 bits per heavy atom. The Hall–Kier alpha value is -0.390. The first-order chi connectivity index (χ1) is 6.83. The van der Waals surface area contributed by atoms with Gasteiger partial charge in [0.25, 0.3) is 0 Å². The van der Waals surface area contributed by atoms with Crippen LogP contribution in [0.1, 0.15) is 27.2 Å². The molecule has 15 heavy (non-hydrogen) atoms. The SMILES string of the molecule is C=C(C)CNS(=O)(=O)CCCNC(C)C. The molecule has 0 rings (SSSR count). The Labute approximate surface area is 93.2 Å². The Morgan fingerprint density at radius 2 is 2.00 bits per heavy atom. The van der Waals surface area contributed by atoms with Crippen molar-refractivity contribution in [1.82, 2.24) is 10.0 Å². The van der Waals surface area contributed by atoms with E-state index >= 15 is 0 Å². The van der Waals surface area contributed by atoms with Crippen molar-refractivity contribution in [2.24, 2.45) is 0 Å². The third kappa shape index (κ3) is 9.90. The van der Waals surface area contributed by atoms with Crippen molar-refractivity contribution >= 4 is 10.0 Å². The van der Waals surface area contributed by atoms with Gasteiger partial charge in [-0.2, -0.15) is 0 Å². The lowest BCUT2D eigenvalue weighted by Crippen LogP contribution is -2.30. The highest BCUT2D eigenvalue weighted by atomic mass is 32.2. The fourth-order valence-electron chi connectivity index (χ4n) is 0.958. The topological polar surface area (TPSA) is 58.2 Å². The van der Waals surface area contributed by atoms with E-state index in [1.807, 2.05) is 13.8 Å². The lowest BCUT2D eigenvalue weighted by molar-refractivity contribution is 0.562. The average Bonchev–Trinajstić information content (AvgIpc) is 2.09. The Kier molecular flexibility index (Phi) is 6.80. The van der Waals surface area contributed by atoms with Crippen LogP contribution in [0.5, 0.6) is 0 Å². The van der Waals surface area contributed by atoms with E-state index in [1.165, 1.54) is 0 Å². The van der Waals surface area contributed by atoms with Gasteiger partial charge in [0, 0.05) is 12.6 Å².